The number of carbonyl (C=O) groups is 2. The number of nitrogens with two attached hydrogens (primary N) is 1. The first-order chi connectivity index (χ1) is 9.52. The maximum Gasteiger partial charge on any atom is 0.337 e. The molecule has 0 unspecified atom stereocenters. The number of benzene rings is 1. The number of carboxylic acids is 1. The van der Waals surface area contributed by atoms with Crippen LogP contribution < -0.4 is 15.8 Å². The van der Waals surface area contributed by atoms with Crippen molar-refractivity contribution in [2.75, 3.05) is 18.2 Å². The number of thiophene rings is 1. The summed E-state index contributed by atoms with van der Waals surface area (Å²) in [6, 6.07) is 5.88. The highest BCUT2D eigenvalue weighted by Crippen LogP contribution is 2.27. The summed E-state index contributed by atoms with van der Waals surface area (Å²) in [5.74, 6) is -1.14. The number of rotatable bonds is 4. The van der Waals surface area contributed by atoms with E-state index in [0.717, 1.165) is 0 Å². The van der Waals surface area contributed by atoms with E-state index in [9.17, 15) is 9.59 Å². The Morgan fingerprint density at radius 1 is 1.35 bits per heavy atom. The molecule has 0 aliphatic rings. The van der Waals surface area contributed by atoms with Crippen LogP contribution in [0.1, 0.15) is 20.0 Å². The Labute approximate surface area is 118 Å². The minimum absolute atomic E-state index is 0.0249. The number of carboxylic acid groups (broad SMARTS) is 1. The molecule has 1 aromatic heterocycles. The van der Waals surface area contributed by atoms with Crippen molar-refractivity contribution in [2.45, 2.75) is 0 Å². The number of aromatic carboxylic acids is 1. The lowest BCUT2D eigenvalue weighted by Gasteiger charge is -2.09. The average Bonchev–Trinajstić information content (AvgIpc) is 2.86. The van der Waals surface area contributed by atoms with Crippen LogP contribution in [0.15, 0.2) is 29.6 Å². The van der Waals surface area contributed by atoms with Gasteiger partial charge in [-0.15, -0.1) is 11.3 Å². The summed E-state index contributed by atoms with van der Waals surface area (Å²) in [6.45, 7) is 0. The van der Waals surface area contributed by atoms with E-state index in [0.29, 0.717) is 16.3 Å². The molecule has 7 heteroatoms. The van der Waals surface area contributed by atoms with Crippen LogP contribution >= 0.6 is 11.3 Å². The largest absolute Gasteiger partial charge is 0.495 e. The molecular weight excluding hydrogens is 280 g/mol. The Kier molecular flexibility index (Phi) is 3.90. The average molecular weight is 292 g/mol. The van der Waals surface area contributed by atoms with Crippen LogP contribution in [0.5, 0.6) is 5.75 Å². The van der Waals surface area contributed by atoms with Gasteiger partial charge in [0.05, 0.1) is 18.4 Å². The van der Waals surface area contributed by atoms with Gasteiger partial charge in [-0.3, -0.25) is 4.79 Å². The zero-order valence-electron chi connectivity index (χ0n) is 10.5. The molecule has 0 bridgehead atoms. The van der Waals surface area contributed by atoms with Crippen molar-refractivity contribution in [2.24, 2.45) is 0 Å². The lowest BCUT2D eigenvalue weighted by Crippen LogP contribution is -2.14. The summed E-state index contributed by atoms with van der Waals surface area (Å²) in [7, 11) is 1.46. The fourth-order valence-electron chi connectivity index (χ4n) is 1.65. The van der Waals surface area contributed by atoms with Gasteiger partial charge in [-0.2, -0.15) is 0 Å². The minimum Gasteiger partial charge on any atom is -0.495 e. The molecule has 1 amide bonds. The SMILES string of the molecule is COc1ccsc1C(=O)Nc1cc(N)ccc1C(=O)O. The van der Waals surface area contributed by atoms with E-state index < -0.39 is 11.9 Å². The molecule has 0 fully saturated rings. The monoisotopic (exact) mass is 292 g/mol. The van der Waals surface area contributed by atoms with Gasteiger partial charge in [0, 0.05) is 5.69 Å². The second kappa shape index (κ2) is 5.62. The highest BCUT2D eigenvalue weighted by molar-refractivity contribution is 7.12. The Morgan fingerprint density at radius 3 is 2.75 bits per heavy atom. The molecule has 1 aromatic carbocycles. The maximum atomic E-state index is 12.1. The molecule has 4 N–H and O–H groups in total. The molecule has 104 valence electrons. The Bertz CT molecular complexity index is 666. The van der Waals surface area contributed by atoms with Crippen LogP contribution in [-0.4, -0.2) is 24.1 Å². The third kappa shape index (κ3) is 2.72. The van der Waals surface area contributed by atoms with Crippen LogP contribution in [0.2, 0.25) is 0 Å². The number of hydrogen-bond acceptors (Lipinski definition) is 5. The first-order valence-corrected chi connectivity index (χ1v) is 6.46. The Balaban J connectivity index is 2.32. The van der Waals surface area contributed by atoms with Crippen molar-refractivity contribution < 1.29 is 19.4 Å². The maximum absolute atomic E-state index is 12.1. The summed E-state index contributed by atoms with van der Waals surface area (Å²) in [4.78, 5) is 23.6. The normalized spacial score (nSPS) is 10.1. The number of anilines is 2. The third-order valence-electron chi connectivity index (χ3n) is 2.58. The fraction of sp³-hybridized carbons (Fsp3) is 0.0769. The number of nitrogen functional groups attached to an aromatic ring is 1. The van der Waals surface area contributed by atoms with Crippen LogP contribution in [0.4, 0.5) is 11.4 Å². The van der Waals surface area contributed by atoms with E-state index >= 15 is 0 Å². The molecule has 2 aromatic rings. The van der Waals surface area contributed by atoms with Gasteiger partial charge in [0.1, 0.15) is 10.6 Å². The zero-order chi connectivity index (χ0) is 14.7. The van der Waals surface area contributed by atoms with Crippen LogP contribution in [0.25, 0.3) is 0 Å². The molecule has 0 aliphatic heterocycles. The van der Waals surface area contributed by atoms with Gasteiger partial charge in [0.25, 0.3) is 5.91 Å². The Hall–Kier alpha value is -2.54. The lowest BCUT2D eigenvalue weighted by molar-refractivity contribution is 0.0698. The lowest BCUT2D eigenvalue weighted by atomic mass is 10.1. The molecule has 2 rings (SSSR count). The van der Waals surface area contributed by atoms with Crippen molar-refractivity contribution >= 4 is 34.6 Å². The first kappa shape index (κ1) is 13.9. The van der Waals surface area contributed by atoms with E-state index in [-0.39, 0.29) is 11.3 Å². The molecule has 0 radical (unpaired) electrons. The zero-order valence-corrected chi connectivity index (χ0v) is 11.4. The number of ether oxygens (including phenoxy) is 1. The van der Waals surface area contributed by atoms with Gasteiger partial charge in [0.15, 0.2) is 0 Å². The highest BCUT2D eigenvalue weighted by atomic mass is 32.1. The van der Waals surface area contributed by atoms with Crippen molar-refractivity contribution in [1.29, 1.82) is 0 Å². The molecule has 20 heavy (non-hydrogen) atoms. The van der Waals surface area contributed by atoms with Crippen molar-refractivity contribution in [3.8, 4) is 5.75 Å². The third-order valence-corrected chi connectivity index (χ3v) is 3.47. The molecule has 0 aliphatic carbocycles. The van der Waals surface area contributed by atoms with Crippen molar-refractivity contribution in [1.82, 2.24) is 0 Å². The van der Waals surface area contributed by atoms with E-state index in [1.807, 2.05) is 0 Å². The molecule has 0 spiro atoms. The number of hydrogen-bond donors (Lipinski definition) is 3. The van der Waals surface area contributed by atoms with Gasteiger partial charge in [-0.1, -0.05) is 0 Å². The second-order valence-electron chi connectivity index (χ2n) is 3.88. The van der Waals surface area contributed by atoms with Crippen molar-refractivity contribution in [3.05, 3.63) is 40.1 Å². The summed E-state index contributed by atoms with van der Waals surface area (Å²) in [5.41, 5.74) is 6.10. The molecule has 0 saturated heterocycles. The molecule has 6 nitrogen and oxygen atoms in total. The standard InChI is InChI=1S/C13H12N2O4S/c1-19-10-4-5-20-11(10)12(16)15-9-6-7(14)2-3-8(9)13(17)18/h2-6H,14H2,1H3,(H,15,16)(H,17,18). The van der Waals surface area contributed by atoms with Crippen molar-refractivity contribution in [3.63, 3.8) is 0 Å². The predicted molar refractivity (Wildman–Crippen MR) is 76.6 cm³/mol. The highest BCUT2D eigenvalue weighted by Gasteiger charge is 2.17. The van der Waals surface area contributed by atoms with E-state index in [2.05, 4.69) is 5.32 Å². The van der Waals surface area contributed by atoms with Gasteiger partial charge in [0.2, 0.25) is 0 Å². The number of methoxy groups -OCH3 is 1. The number of nitrogens with one attached hydrogen (secondary N) is 1. The van der Waals surface area contributed by atoms with Gasteiger partial charge >= 0.3 is 5.97 Å². The Morgan fingerprint density at radius 2 is 2.10 bits per heavy atom. The first-order valence-electron chi connectivity index (χ1n) is 5.58. The number of carbonyl (C=O) groups excluding carboxylic acids is 1. The van der Waals surface area contributed by atoms with Gasteiger partial charge in [-0.25, -0.2) is 4.79 Å². The van der Waals surface area contributed by atoms with Gasteiger partial charge < -0.3 is 20.9 Å². The van der Waals surface area contributed by atoms with E-state index in [1.54, 1.807) is 11.4 Å². The number of amides is 1. The molecular formula is C13H12N2O4S. The van der Waals surface area contributed by atoms with E-state index in [1.165, 1.54) is 36.6 Å². The summed E-state index contributed by atoms with van der Waals surface area (Å²) in [5, 5.41) is 13.3. The minimum atomic E-state index is -1.14. The van der Waals surface area contributed by atoms with Gasteiger partial charge in [-0.05, 0) is 29.6 Å². The molecule has 0 atom stereocenters. The second-order valence-corrected chi connectivity index (χ2v) is 4.80. The topological polar surface area (TPSA) is 102 Å². The van der Waals surface area contributed by atoms with Crippen LogP contribution in [0.3, 0.4) is 0 Å². The summed E-state index contributed by atoms with van der Waals surface area (Å²) in [6.07, 6.45) is 0. The fourth-order valence-corrected chi connectivity index (χ4v) is 2.41. The smallest absolute Gasteiger partial charge is 0.337 e. The molecule has 0 saturated carbocycles. The van der Waals surface area contributed by atoms with E-state index in [4.69, 9.17) is 15.6 Å². The molecule has 1 heterocycles. The van der Waals surface area contributed by atoms with Crippen LogP contribution in [-0.2, 0) is 0 Å². The summed E-state index contributed by atoms with van der Waals surface area (Å²) >= 11 is 1.20. The quantitative estimate of drug-likeness (QED) is 0.750. The van der Waals surface area contributed by atoms with Crippen LogP contribution in [0, 0.1) is 0 Å². The predicted octanol–water partition coefficient (Wildman–Crippen LogP) is 2.29. The summed E-state index contributed by atoms with van der Waals surface area (Å²) < 4.78 is 5.05.